The molecule has 4 aromatic carbocycles. The Kier molecular flexibility index (Phi) is 8.12. The lowest BCUT2D eigenvalue weighted by Crippen LogP contribution is -2.29. The van der Waals surface area contributed by atoms with E-state index in [-0.39, 0.29) is 27.4 Å². The summed E-state index contributed by atoms with van der Waals surface area (Å²) in [5, 5.41) is 21.4. The summed E-state index contributed by atoms with van der Waals surface area (Å²) in [6, 6.07) is 25.3. The summed E-state index contributed by atoms with van der Waals surface area (Å²) in [5.74, 6) is -0.412. The normalized spacial score (nSPS) is 18.2. The van der Waals surface area contributed by atoms with E-state index in [1.165, 1.54) is 36.4 Å². The van der Waals surface area contributed by atoms with Crippen LogP contribution in [0.4, 0.5) is 14.9 Å². The predicted molar refractivity (Wildman–Crippen MR) is 154 cm³/mol. The Labute approximate surface area is 235 Å². The number of carbonyl (C=O) groups is 1. The van der Waals surface area contributed by atoms with E-state index in [0.717, 1.165) is 11.8 Å². The van der Waals surface area contributed by atoms with Crippen LogP contribution in [0.3, 0.4) is 0 Å². The highest BCUT2D eigenvalue weighted by molar-refractivity contribution is 8.14. The monoisotopic (exact) mass is 579 g/mol. The van der Waals surface area contributed by atoms with Gasteiger partial charge in [0, 0.05) is 16.5 Å². The molecular weight excluding hydrogens is 552 g/mol. The third-order valence-corrected chi connectivity index (χ3v) is 9.14. The SMILES string of the molecule is O=C1S[C@H](CC[C@H](O)c2ccc(F)cc2)[C@@H](c2ccc(-c3ccc(P(=O)(O)O)cc3)cc2O)N1c1ccccc1. The number of rotatable bonds is 8. The highest BCUT2D eigenvalue weighted by atomic mass is 32.2. The number of hydrogen-bond donors (Lipinski definition) is 4. The summed E-state index contributed by atoms with van der Waals surface area (Å²) in [6.07, 6.45) is -0.0520. The Hall–Kier alpha value is -3.46. The van der Waals surface area contributed by atoms with Crippen LogP contribution in [0.25, 0.3) is 11.1 Å². The fourth-order valence-corrected chi connectivity index (χ4v) is 6.72. The van der Waals surface area contributed by atoms with Gasteiger partial charge in [0.2, 0.25) is 0 Å². The Morgan fingerprint density at radius 1 is 0.900 bits per heavy atom. The van der Waals surface area contributed by atoms with Crippen LogP contribution in [0.2, 0.25) is 0 Å². The number of aliphatic hydroxyl groups excluding tert-OH is 1. The van der Waals surface area contributed by atoms with E-state index in [1.54, 1.807) is 35.2 Å². The topological polar surface area (TPSA) is 118 Å². The molecule has 5 rings (SSSR count). The molecular formula is C30H27FNO6PS. The van der Waals surface area contributed by atoms with E-state index < -0.39 is 19.7 Å². The Morgan fingerprint density at radius 3 is 2.17 bits per heavy atom. The predicted octanol–water partition coefficient (Wildman–Crippen LogP) is 6.30. The minimum absolute atomic E-state index is 0.0260. The van der Waals surface area contributed by atoms with Gasteiger partial charge in [-0.25, -0.2) is 4.39 Å². The Bertz CT molecular complexity index is 1550. The number of thioether (sulfide) groups is 1. The van der Waals surface area contributed by atoms with Crippen LogP contribution in [-0.4, -0.2) is 30.5 Å². The lowest BCUT2D eigenvalue weighted by atomic mass is 9.93. The number of phenols is 1. The number of nitrogens with zero attached hydrogens (tertiary/aromatic N) is 1. The number of amides is 1. The van der Waals surface area contributed by atoms with Crippen LogP contribution in [0.15, 0.2) is 97.1 Å². The largest absolute Gasteiger partial charge is 0.508 e. The maximum atomic E-state index is 13.3. The van der Waals surface area contributed by atoms with Gasteiger partial charge >= 0.3 is 7.60 Å². The van der Waals surface area contributed by atoms with E-state index >= 15 is 0 Å². The molecule has 3 atom stereocenters. The van der Waals surface area contributed by atoms with E-state index in [2.05, 4.69) is 0 Å². The number of benzene rings is 4. The Balaban J connectivity index is 1.45. The van der Waals surface area contributed by atoms with Gasteiger partial charge in [-0.3, -0.25) is 14.3 Å². The maximum absolute atomic E-state index is 13.3. The zero-order chi connectivity index (χ0) is 28.4. The van der Waals surface area contributed by atoms with Gasteiger partial charge in [0.15, 0.2) is 0 Å². The van der Waals surface area contributed by atoms with Gasteiger partial charge in [-0.05, 0) is 72.0 Å². The third kappa shape index (κ3) is 5.99. The fraction of sp³-hybridized carbons (Fsp3) is 0.167. The van der Waals surface area contributed by atoms with E-state index in [0.29, 0.717) is 40.8 Å². The van der Waals surface area contributed by atoms with Gasteiger partial charge in [0.1, 0.15) is 11.6 Å². The summed E-state index contributed by atoms with van der Waals surface area (Å²) in [7, 11) is -4.37. The molecule has 7 nitrogen and oxygen atoms in total. The summed E-state index contributed by atoms with van der Waals surface area (Å²) in [4.78, 5) is 33.7. The smallest absolute Gasteiger partial charge is 0.356 e. The second kappa shape index (κ2) is 11.6. The van der Waals surface area contributed by atoms with Crippen LogP contribution in [0.5, 0.6) is 5.75 Å². The van der Waals surface area contributed by atoms with Crippen molar-refractivity contribution in [3.8, 4) is 16.9 Å². The molecule has 1 heterocycles. The standard InChI is InChI=1S/C30H27FNO6PS/c31-22-11-6-20(7-12-22)26(33)16-17-28-29(32(30(35)40-28)23-4-2-1-3-5-23)25-15-10-21(18-27(25)34)19-8-13-24(14-9-19)39(36,37)38/h1-15,18,26,28-29,33-34H,16-17H2,(H2,36,37,38)/t26-,28+,29+/m0/s1. The first kappa shape index (κ1) is 28.1. The molecule has 4 aromatic rings. The van der Waals surface area contributed by atoms with Crippen LogP contribution < -0.4 is 10.2 Å². The first-order valence-electron chi connectivity index (χ1n) is 12.6. The van der Waals surface area contributed by atoms with Gasteiger partial charge in [-0.1, -0.05) is 66.4 Å². The van der Waals surface area contributed by atoms with Crippen molar-refractivity contribution in [1.29, 1.82) is 0 Å². The summed E-state index contributed by atoms with van der Waals surface area (Å²) >= 11 is 1.16. The number of carbonyl (C=O) groups excluding carboxylic acids is 1. The summed E-state index contributed by atoms with van der Waals surface area (Å²) in [5.41, 5.74) is 3.12. The van der Waals surface area contributed by atoms with Crippen molar-refractivity contribution >= 4 is 35.6 Å². The molecule has 1 fully saturated rings. The number of hydrogen-bond acceptors (Lipinski definition) is 5. The minimum atomic E-state index is -4.37. The molecule has 0 aromatic heterocycles. The molecule has 0 aliphatic carbocycles. The number of phenolic OH excluding ortho intramolecular Hbond substituents is 1. The average molecular weight is 580 g/mol. The van der Waals surface area contributed by atoms with Crippen molar-refractivity contribution in [3.63, 3.8) is 0 Å². The highest BCUT2D eigenvalue weighted by Gasteiger charge is 2.43. The quantitative estimate of drug-likeness (QED) is 0.181. The lowest BCUT2D eigenvalue weighted by molar-refractivity contribution is 0.163. The molecule has 206 valence electrons. The zero-order valence-electron chi connectivity index (χ0n) is 21.2. The molecule has 1 aliphatic rings. The van der Waals surface area contributed by atoms with Crippen molar-refractivity contribution in [2.45, 2.75) is 30.2 Å². The van der Waals surface area contributed by atoms with Crippen LogP contribution in [0, 0.1) is 5.82 Å². The first-order valence-corrected chi connectivity index (χ1v) is 15.1. The molecule has 0 bridgehead atoms. The maximum Gasteiger partial charge on any atom is 0.356 e. The van der Waals surface area contributed by atoms with Crippen LogP contribution in [0.1, 0.15) is 36.1 Å². The zero-order valence-corrected chi connectivity index (χ0v) is 22.9. The summed E-state index contributed by atoms with van der Waals surface area (Å²) < 4.78 is 24.8. The molecule has 40 heavy (non-hydrogen) atoms. The number of halogens is 1. The molecule has 1 amide bonds. The van der Waals surface area contributed by atoms with Crippen molar-refractivity contribution in [3.05, 3.63) is 114 Å². The van der Waals surface area contributed by atoms with Gasteiger partial charge in [0.25, 0.3) is 5.24 Å². The molecule has 0 radical (unpaired) electrons. The molecule has 1 aliphatic heterocycles. The Morgan fingerprint density at radius 2 is 1.55 bits per heavy atom. The molecule has 0 saturated carbocycles. The van der Waals surface area contributed by atoms with Gasteiger partial charge in [-0.15, -0.1) is 0 Å². The molecule has 10 heteroatoms. The molecule has 0 spiro atoms. The number of aliphatic hydroxyl groups is 1. The fourth-order valence-electron chi connectivity index (χ4n) is 4.94. The number of anilines is 1. The second-order valence-corrected chi connectivity index (χ2v) is 12.4. The van der Waals surface area contributed by atoms with E-state index in [1.807, 2.05) is 30.3 Å². The van der Waals surface area contributed by atoms with Gasteiger partial charge in [-0.2, -0.15) is 0 Å². The minimum Gasteiger partial charge on any atom is -0.508 e. The summed E-state index contributed by atoms with van der Waals surface area (Å²) in [6.45, 7) is 0. The number of para-hydroxylation sites is 1. The molecule has 4 N–H and O–H groups in total. The third-order valence-electron chi connectivity index (χ3n) is 6.98. The van der Waals surface area contributed by atoms with Gasteiger partial charge in [0.05, 0.1) is 17.5 Å². The van der Waals surface area contributed by atoms with Crippen LogP contribution >= 0.6 is 19.4 Å². The van der Waals surface area contributed by atoms with Crippen LogP contribution in [-0.2, 0) is 4.57 Å². The second-order valence-electron chi connectivity index (χ2n) is 9.58. The van der Waals surface area contributed by atoms with Crippen molar-refractivity contribution < 1.29 is 33.7 Å². The number of aromatic hydroxyl groups is 1. The first-order chi connectivity index (χ1) is 19.1. The van der Waals surface area contributed by atoms with E-state index in [9.17, 15) is 33.7 Å². The van der Waals surface area contributed by atoms with Gasteiger partial charge < -0.3 is 20.0 Å². The van der Waals surface area contributed by atoms with E-state index in [4.69, 9.17) is 0 Å². The van der Waals surface area contributed by atoms with Crippen molar-refractivity contribution in [2.75, 3.05) is 4.90 Å². The molecule has 0 unspecified atom stereocenters. The van der Waals surface area contributed by atoms with Crippen molar-refractivity contribution in [2.24, 2.45) is 0 Å². The molecule has 1 saturated heterocycles. The average Bonchev–Trinajstić information content (AvgIpc) is 3.27. The van der Waals surface area contributed by atoms with Crippen molar-refractivity contribution in [1.82, 2.24) is 0 Å². The highest BCUT2D eigenvalue weighted by Crippen LogP contribution is 2.49. The lowest BCUT2D eigenvalue weighted by Gasteiger charge is -2.29.